The zero-order chi connectivity index (χ0) is 18.5. The Morgan fingerprint density at radius 3 is 2.65 bits per heavy atom. The molecule has 0 aromatic rings. The summed E-state index contributed by atoms with van der Waals surface area (Å²) in [4.78, 5) is 11.4. The van der Waals surface area contributed by atoms with E-state index in [0.29, 0.717) is 10.8 Å². The van der Waals surface area contributed by atoms with E-state index >= 15 is 0 Å². The van der Waals surface area contributed by atoms with Gasteiger partial charge in [-0.3, -0.25) is 4.79 Å². The molecule has 4 rings (SSSR count). The molecule has 4 aliphatic carbocycles. The van der Waals surface area contributed by atoms with Crippen molar-refractivity contribution in [3.05, 3.63) is 11.6 Å². The van der Waals surface area contributed by atoms with E-state index in [9.17, 15) is 4.79 Å². The molecule has 0 aromatic carbocycles. The minimum atomic E-state index is -0.0954. The Morgan fingerprint density at radius 2 is 1.92 bits per heavy atom. The summed E-state index contributed by atoms with van der Waals surface area (Å²) in [6, 6.07) is 0. The highest BCUT2D eigenvalue weighted by molar-refractivity contribution is 5.66. The van der Waals surface area contributed by atoms with Gasteiger partial charge in [0.1, 0.15) is 6.10 Å². The second-order valence-electron chi connectivity index (χ2n) is 10.3. The Bertz CT molecular complexity index is 593. The Kier molecular flexibility index (Phi) is 4.77. The first-order valence-corrected chi connectivity index (χ1v) is 11.2. The molecule has 2 nitrogen and oxygen atoms in total. The fourth-order valence-electron chi connectivity index (χ4n) is 7.99. The van der Waals surface area contributed by atoms with Crippen LogP contribution in [0.5, 0.6) is 0 Å². The number of carbonyl (C=O) groups is 1. The van der Waals surface area contributed by atoms with Crippen LogP contribution in [0.15, 0.2) is 11.6 Å². The van der Waals surface area contributed by atoms with Gasteiger partial charge in [-0.05, 0) is 98.7 Å². The predicted octanol–water partition coefficient (Wildman–Crippen LogP) is 6.30. The summed E-state index contributed by atoms with van der Waals surface area (Å²) >= 11 is 0. The smallest absolute Gasteiger partial charge is 0.302 e. The first-order chi connectivity index (χ1) is 12.4. The largest absolute Gasteiger partial charge is 0.463 e. The van der Waals surface area contributed by atoms with Crippen molar-refractivity contribution >= 4 is 5.97 Å². The molecule has 0 spiro atoms. The summed E-state index contributed by atoms with van der Waals surface area (Å²) in [5.41, 5.74) is 2.77. The number of rotatable bonds is 2. The molecular weight excluding hydrogens is 320 g/mol. The van der Waals surface area contributed by atoms with Gasteiger partial charge in [0.15, 0.2) is 0 Å². The molecule has 0 N–H and O–H groups in total. The molecule has 26 heavy (non-hydrogen) atoms. The van der Waals surface area contributed by atoms with Crippen molar-refractivity contribution in [2.24, 2.45) is 34.5 Å². The van der Waals surface area contributed by atoms with Crippen molar-refractivity contribution in [3.8, 4) is 0 Å². The summed E-state index contributed by atoms with van der Waals surface area (Å²) in [6.45, 7) is 9.05. The Morgan fingerprint density at radius 1 is 1.12 bits per heavy atom. The minimum Gasteiger partial charge on any atom is -0.463 e. The van der Waals surface area contributed by atoms with Crippen molar-refractivity contribution in [2.75, 3.05) is 0 Å². The molecule has 7 atom stereocenters. The minimum absolute atomic E-state index is 0.0954. The van der Waals surface area contributed by atoms with E-state index in [1.54, 1.807) is 12.5 Å². The number of carbonyl (C=O) groups excluding carboxylic acids is 1. The maximum Gasteiger partial charge on any atom is 0.302 e. The number of hydrogen-bond donors (Lipinski definition) is 0. The summed E-state index contributed by atoms with van der Waals surface area (Å²) in [7, 11) is 0. The Balaban J connectivity index is 1.54. The zero-order valence-corrected chi connectivity index (χ0v) is 17.4. The topological polar surface area (TPSA) is 26.3 Å². The average Bonchev–Trinajstić information content (AvgIpc) is 2.92. The van der Waals surface area contributed by atoms with Crippen LogP contribution < -0.4 is 0 Å². The molecular formula is C24H38O2. The Labute approximate surface area is 160 Å². The van der Waals surface area contributed by atoms with Crippen LogP contribution in [-0.4, -0.2) is 12.1 Å². The number of fused-ring (bicyclic) bond motifs is 5. The van der Waals surface area contributed by atoms with Gasteiger partial charge in [-0.2, -0.15) is 0 Å². The fourth-order valence-corrected chi connectivity index (χ4v) is 7.99. The standard InChI is InChI=1S/C24H38O2/c1-5-6-17-8-10-21-20-9-7-18-15-19(26-16(2)25)11-13-24(18,4)22(20)12-14-23(17,21)3/h6,18-22H,5,7-15H2,1-4H3/b17-6+. The molecule has 0 bridgehead atoms. The second-order valence-corrected chi connectivity index (χ2v) is 10.3. The lowest BCUT2D eigenvalue weighted by Gasteiger charge is -2.60. The van der Waals surface area contributed by atoms with Crippen LogP contribution in [0.1, 0.15) is 91.9 Å². The SMILES string of the molecule is CC/C=C1\CCC2C3CCC4CC(OC(C)=O)CCC4(C)C3CCC12C. The Hall–Kier alpha value is -0.790. The van der Waals surface area contributed by atoms with E-state index in [4.69, 9.17) is 4.74 Å². The number of esters is 1. The first-order valence-electron chi connectivity index (χ1n) is 11.2. The number of allylic oxidation sites excluding steroid dienone is 2. The molecule has 2 heteroatoms. The molecule has 4 aliphatic rings. The highest BCUT2D eigenvalue weighted by atomic mass is 16.5. The van der Waals surface area contributed by atoms with Crippen LogP contribution in [0.2, 0.25) is 0 Å². The van der Waals surface area contributed by atoms with Gasteiger partial charge in [0.05, 0.1) is 0 Å². The quantitative estimate of drug-likeness (QED) is 0.428. The lowest BCUT2D eigenvalue weighted by molar-refractivity contribution is -0.158. The van der Waals surface area contributed by atoms with Crippen LogP contribution in [0, 0.1) is 34.5 Å². The van der Waals surface area contributed by atoms with Crippen molar-refractivity contribution < 1.29 is 9.53 Å². The number of hydrogen-bond acceptors (Lipinski definition) is 2. The molecule has 0 radical (unpaired) electrons. The molecule has 0 amide bonds. The molecule has 0 aliphatic heterocycles. The second kappa shape index (κ2) is 6.67. The molecule has 146 valence electrons. The summed E-state index contributed by atoms with van der Waals surface area (Å²) in [6.07, 6.45) is 15.8. The van der Waals surface area contributed by atoms with Crippen molar-refractivity contribution in [1.82, 2.24) is 0 Å². The van der Waals surface area contributed by atoms with E-state index in [2.05, 4.69) is 26.8 Å². The average molecular weight is 359 g/mol. The molecule has 0 saturated heterocycles. The highest BCUT2D eigenvalue weighted by Gasteiger charge is 2.59. The van der Waals surface area contributed by atoms with Gasteiger partial charge in [-0.15, -0.1) is 0 Å². The van der Waals surface area contributed by atoms with E-state index in [0.717, 1.165) is 36.5 Å². The van der Waals surface area contributed by atoms with Gasteiger partial charge >= 0.3 is 5.97 Å². The third-order valence-electron chi connectivity index (χ3n) is 9.25. The molecule has 4 saturated carbocycles. The molecule has 4 fully saturated rings. The third kappa shape index (κ3) is 2.78. The van der Waals surface area contributed by atoms with Gasteiger partial charge in [-0.1, -0.05) is 32.4 Å². The lowest BCUT2D eigenvalue weighted by Crippen LogP contribution is -2.53. The van der Waals surface area contributed by atoms with Crippen LogP contribution in [0.3, 0.4) is 0 Å². The van der Waals surface area contributed by atoms with Crippen LogP contribution in [0.4, 0.5) is 0 Å². The van der Waals surface area contributed by atoms with E-state index < -0.39 is 0 Å². The summed E-state index contributed by atoms with van der Waals surface area (Å²) in [5.74, 6) is 3.42. The normalized spacial score (nSPS) is 49.2. The van der Waals surface area contributed by atoms with E-state index in [-0.39, 0.29) is 12.1 Å². The lowest BCUT2D eigenvalue weighted by atomic mass is 9.45. The maximum atomic E-state index is 11.4. The van der Waals surface area contributed by atoms with Crippen molar-refractivity contribution in [1.29, 1.82) is 0 Å². The summed E-state index contributed by atoms with van der Waals surface area (Å²) < 4.78 is 5.60. The van der Waals surface area contributed by atoms with Gasteiger partial charge < -0.3 is 4.74 Å². The zero-order valence-electron chi connectivity index (χ0n) is 17.4. The van der Waals surface area contributed by atoms with Gasteiger partial charge in [0, 0.05) is 6.92 Å². The first kappa shape index (κ1) is 18.6. The van der Waals surface area contributed by atoms with Gasteiger partial charge in [-0.25, -0.2) is 0 Å². The molecule has 0 aromatic heterocycles. The fraction of sp³-hybridized carbons (Fsp3) is 0.875. The van der Waals surface area contributed by atoms with Crippen molar-refractivity contribution in [2.45, 2.75) is 98.0 Å². The maximum absolute atomic E-state index is 11.4. The highest BCUT2D eigenvalue weighted by Crippen LogP contribution is 2.67. The van der Waals surface area contributed by atoms with Crippen LogP contribution in [-0.2, 0) is 9.53 Å². The van der Waals surface area contributed by atoms with E-state index in [1.807, 2.05) is 0 Å². The molecule has 0 heterocycles. The van der Waals surface area contributed by atoms with Gasteiger partial charge in [0.25, 0.3) is 0 Å². The van der Waals surface area contributed by atoms with Crippen molar-refractivity contribution in [3.63, 3.8) is 0 Å². The number of ether oxygens (including phenoxy) is 1. The van der Waals surface area contributed by atoms with E-state index in [1.165, 1.54) is 51.4 Å². The van der Waals surface area contributed by atoms with Gasteiger partial charge in [0.2, 0.25) is 0 Å². The monoisotopic (exact) mass is 358 g/mol. The predicted molar refractivity (Wildman–Crippen MR) is 106 cm³/mol. The molecule has 7 unspecified atom stereocenters. The summed E-state index contributed by atoms with van der Waals surface area (Å²) in [5, 5.41) is 0. The third-order valence-corrected chi connectivity index (χ3v) is 9.25. The van der Waals surface area contributed by atoms with Crippen LogP contribution >= 0.6 is 0 Å². The van der Waals surface area contributed by atoms with Crippen LogP contribution in [0.25, 0.3) is 0 Å².